The molecule has 0 aliphatic carbocycles. The van der Waals surface area contributed by atoms with Crippen molar-refractivity contribution in [2.24, 2.45) is 0 Å². The number of alkyl halides is 3. The Balaban J connectivity index is 0.720. The Morgan fingerprint density at radius 2 is 1.66 bits per heavy atom. The zero-order valence-electron chi connectivity index (χ0n) is 37.8. The minimum absolute atomic E-state index is 0.0151. The molecule has 3 aliphatic heterocycles. The van der Waals surface area contributed by atoms with E-state index in [2.05, 4.69) is 43.0 Å². The Morgan fingerprint density at radius 3 is 2.43 bits per heavy atom. The lowest BCUT2D eigenvalue weighted by molar-refractivity contribution is -0.138. The van der Waals surface area contributed by atoms with Gasteiger partial charge in [0.05, 0.1) is 42.7 Å². The van der Waals surface area contributed by atoms with E-state index in [1.54, 1.807) is 48.0 Å². The van der Waals surface area contributed by atoms with Gasteiger partial charge in [-0.2, -0.15) is 13.2 Å². The smallest absolute Gasteiger partial charge is 0.383 e. The number of halogens is 4. The van der Waals surface area contributed by atoms with Gasteiger partial charge in [-0.15, -0.1) is 5.10 Å². The molecule has 5 aromatic rings. The number of anilines is 3. The van der Waals surface area contributed by atoms with Crippen molar-refractivity contribution in [3.05, 3.63) is 117 Å². The molecule has 17 nitrogen and oxygen atoms in total. The molecule has 0 saturated carbocycles. The number of piperidine rings is 2. The second kappa shape index (κ2) is 21.5. The van der Waals surface area contributed by atoms with Crippen molar-refractivity contribution < 1.29 is 51.4 Å². The number of nitrogens with zero attached hydrogens (tertiary/aromatic N) is 5. The average Bonchev–Trinajstić information content (AvgIpc) is 3.84. The lowest BCUT2D eigenvalue weighted by Crippen LogP contribution is -2.54. The zero-order valence-corrected chi connectivity index (χ0v) is 38.5. The fourth-order valence-corrected chi connectivity index (χ4v) is 8.58. The van der Waals surface area contributed by atoms with Crippen molar-refractivity contribution in [3.63, 3.8) is 0 Å². The molecule has 3 aromatic carbocycles. The van der Waals surface area contributed by atoms with E-state index in [0.29, 0.717) is 87.1 Å². The first kappa shape index (κ1) is 49.1. The molecule has 21 heteroatoms. The van der Waals surface area contributed by atoms with Crippen molar-refractivity contribution in [2.45, 2.75) is 63.7 Å². The highest BCUT2D eigenvalue weighted by Gasteiger charge is 2.44. The van der Waals surface area contributed by atoms with Crippen LogP contribution in [0, 0.1) is 18.8 Å². The molecule has 6 amide bonds. The molecular weight excluding hydrogens is 935 g/mol. The molecule has 2 fully saturated rings. The number of aromatic nitrogens is 3. The molecule has 8 rings (SSSR count). The number of benzene rings is 3. The van der Waals surface area contributed by atoms with Crippen molar-refractivity contribution in [1.29, 1.82) is 0 Å². The Bertz CT molecular complexity index is 2930. The predicted molar refractivity (Wildman–Crippen MR) is 250 cm³/mol. The van der Waals surface area contributed by atoms with E-state index in [1.165, 1.54) is 12.1 Å². The number of imidazole rings is 1. The molecule has 1 atom stereocenters. The number of carbonyl (C=O) groups is 6. The van der Waals surface area contributed by atoms with Gasteiger partial charge in [-0.1, -0.05) is 23.6 Å². The summed E-state index contributed by atoms with van der Waals surface area (Å²) in [6.07, 6.45) is -0.583. The van der Waals surface area contributed by atoms with Gasteiger partial charge in [0.25, 0.3) is 17.7 Å². The molecular formula is C49H47ClF3N9O8. The summed E-state index contributed by atoms with van der Waals surface area (Å²) < 4.78 is 52.9. The molecule has 0 bridgehead atoms. The fourth-order valence-electron chi connectivity index (χ4n) is 8.35. The summed E-state index contributed by atoms with van der Waals surface area (Å²) in [6, 6.07) is 15.3. The topological polar surface area (TPSA) is 206 Å². The van der Waals surface area contributed by atoms with Gasteiger partial charge in [-0.25, -0.2) is 9.50 Å². The van der Waals surface area contributed by atoms with E-state index in [0.717, 1.165) is 35.7 Å². The van der Waals surface area contributed by atoms with Gasteiger partial charge in [0.15, 0.2) is 5.65 Å². The standard InChI is InChI=1S/C49H47ClF3N9O8/c1-29-30(4-2-5-37(29)45(65)57-35-25-31(49(51,52)53)24-32(50)26-35)7-9-36-28-55-41-12-13-42(59-62(36)41)60-18-15-33(16-19-60)56-43(63)6-3-20-69-22-23-70-21-17-54-34-8-10-38-39(27-34)48(68)61(47(38)67)40-11-14-44(64)58-46(40)66/h2,4-5,8,10,12-13,24-28,33,40,54H,3,6,11,14-23H2,1H3,(H,56,63)(H,57,65)(H,58,64,66). The van der Waals surface area contributed by atoms with Crippen LogP contribution in [0.25, 0.3) is 5.65 Å². The molecule has 0 radical (unpaired) electrons. The number of carbonyl (C=O) groups excluding carboxylic acids is 6. The van der Waals surface area contributed by atoms with Crippen molar-refractivity contribution in [1.82, 2.24) is 30.1 Å². The van der Waals surface area contributed by atoms with E-state index in [1.807, 2.05) is 12.1 Å². The van der Waals surface area contributed by atoms with Crippen LogP contribution in [0.5, 0.6) is 0 Å². The molecule has 2 saturated heterocycles. The normalized spacial score (nSPS) is 16.2. The maximum atomic E-state index is 13.3. The molecule has 70 heavy (non-hydrogen) atoms. The van der Waals surface area contributed by atoms with Crippen LogP contribution < -0.4 is 26.2 Å². The number of hydrogen-bond acceptors (Lipinski definition) is 12. The Hall–Kier alpha value is -7.34. The second-order valence-corrected chi connectivity index (χ2v) is 17.2. The van der Waals surface area contributed by atoms with Crippen LogP contribution in [-0.2, 0) is 30.0 Å². The summed E-state index contributed by atoms with van der Waals surface area (Å²) in [6.45, 7) is 4.88. The van der Waals surface area contributed by atoms with Gasteiger partial charge in [-0.05, 0) is 105 Å². The monoisotopic (exact) mass is 981 g/mol. The van der Waals surface area contributed by atoms with E-state index >= 15 is 0 Å². The lowest BCUT2D eigenvalue weighted by Gasteiger charge is -2.33. The molecule has 3 aliphatic rings. The number of imide groups is 2. The first-order chi connectivity index (χ1) is 33.6. The van der Waals surface area contributed by atoms with E-state index in [9.17, 15) is 41.9 Å². The van der Waals surface area contributed by atoms with Crippen LogP contribution in [0.4, 0.5) is 30.4 Å². The van der Waals surface area contributed by atoms with E-state index < -0.39 is 47.3 Å². The van der Waals surface area contributed by atoms with Crippen LogP contribution in [0.15, 0.2) is 72.9 Å². The molecule has 5 heterocycles. The molecule has 364 valence electrons. The van der Waals surface area contributed by atoms with Gasteiger partial charge in [0.2, 0.25) is 17.7 Å². The van der Waals surface area contributed by atoms with Crippen LogP contribution >= 0.6 is 11.6 Å². The van der Waals surface area contributed by atoms with Crippen LogP contribution in [-0.4, -0.2) is 113 Å². The van der Waals surface area contributed by atoms with Gasteiger partial charge in [0.1, 0.15) is 17.6 Å². The molecule has 0 spiro atoms. The van der Waals surface area contributed by atoms with E-state index in [4.69, 9.17) is 26.2 Å². The Labute approximate surface area is 404 Å². The number of fused-ring (bicyclic) bond motifs is 2. The Kier molecular flexibility index (Phi) is 15.1. The second-order valence-electron chi connectivity index (χ2n) is 16.8. The summed E-state index contributed by atoms with van der Waals surface area (Å²) in [5.74, 6) is 4.01. The Morgan fingerprint density at radius 1 is 0.886 bits per heavy atom. The maximum absolute atomic E-state index is 13.3. The average molecular weight is 982 g/mol. The third-order valence-electron chi connectivity index (χ3n) is 12.0. The maximum Gasteiger partial charge on any atom is 0.416 e. The highest BCUT2D eigenvalue weighted by molar-refractivity contribution is 6.31. The fraction of sp³-hybridized carbons (Fsp3) is 0.347. The molecule has 4 N–H and O–H groups in total. The highest BCUT2D eigenvalue weighted by Crippen LogP contribution is 2.34. The van der Waals surface area contributed by atoms with Gasteiger partial charge >= 0.3 is 6.18 Å². The summed E-state index contributed by atoms with van der Waals surface area (Å²) >= 11 is 5.90. The molecule has 1 unspecified atom stereocenters. The van der Waals surface area contributed by atoms with E-state index in [-0.39, 0.29) is 52.2 Å². The van der Waals surface area contributed by atoms with Crippen LogP contribution in [0.1, 0.15) is 92.0 Å². The first-order valence-corrected chi connectivity index (χ1v) is 23.0. The van der Waals surface area contributed by atoms with Gasteiger partial charge in [-0.3, -0.25) is 39.0 Å². The number of hydrogen-bond donors (Lipinski definition) is 4. The number of rotatable bonds is 16. The summed E-state index contributed by atoms with van der Waals surface area (Å²) in [7, 11) is 0. The highest BCUT2D eigenvalue weighted by atomic mass is 35.5. The van der Waals surface area contributed by atoms with Crippen molar-refractivity contribution in [3.8, 4) is 11.8 Å². The number of ether oxygens (including phenoxy) is 2. The third-order valence-corrected chi connectivity index (χ3v) is 12.2. The summed E-state index contributed by atoms with van der Waals surface area (Å²) in [5.41, 5.74) is 2.32. The quantitative estimate of drug-likeness (QED) is 0.0529. The minimum Gasteiger partial charge on any atom is -0.383 e. The van der Waals surface area contributed by atoms with Crippen LogP contribution in [0.3, 0.4) is 0 Å². The predicted octanol–water partition coefficient (Wildman–Crippen LogP) is 5.77. The number of nitrogens with one attached hydrogen (secondary N) is 4. The minimum atomic E-state index is -4.63. The van der Waals surface area contributed by atoms with Crippen LogP contribution in [0.2, 0.25) is 5.02 Å². The zero-order chi connectivity index (χ0) is 49.5. The third kappa shape index (κ3) is 11.6. The van der Waals surface area contributed by atoms with Crippen molar-refractivity contribution >= 4 is 69.9 Å². The summed E-state index contributed by atoms with van der Waals surface area (Å²) in [4.78, 5) is 83.2. The number of amides is 6. The first-order valence-electron chi connectivity index (χ1n) is 22.6. The summed E-state index contributed by atoms with van der Waals surface area (Å²) in [5, 5.41) is 15.6. The van der Waals surface area contributed by atoms with Crippen molar-refractivity contribution in [2.75, 3.05) is 61.6 Å². The lowest BCUT2D eigenvalue weighted by atomic mass is 10.0. The molecule has 2 aromatic heterocycles. The van der Waals surface area contributed by atoms with Gasteiger partial charge in [0, 0.05) is 72.6 Å². The SMILES string of the molecule is Cc1c(C#Cc2cnc3ccc(N4CCC(NC(=O)CCCOCCOCCNc5ccc6c(c5)C(=O)N(C5CCC(=O)NC5=O)C6=O)CC4)nn23)cccc1C(=O)Nc1cc(Cl)cc(C(F)(F)F)c1. The van der Waals surface area contributed by atoms with Gasteiger partial charge < -0.3 is 30.3 Å². The largest absolute Gasteiger partial charge is 0.416 e.